The van der Waals surface area contributed by atoms with Crippen LogP contribution in [-0.4, -0.2) is 58.2 Å². The molecule has 8 nitrogen and oxygen atoms in total. The molecule has 1 N–H and O–H groups in total. The van der Waals surface area contributed by atoms with Gasteiger partial charge in [-0.2, -0.15) is 0 Å². The average Bonchev–Trinajstić information content (AvgIpc) is 3.72. The van der Waals surface area contributed by atoms with Crippen molar-refractivity contribution in [1.82, 2.24) is 0 Å². The molecule has 0 amide bonds. The molecule has 0 bridgehead atoms. The van der Waals surface area contributed by atoms with Crippen LogP contribution in [0.25, 0.3) is 11.0 Å². The summed E-state index contributed by atoms with van der Waals surface area (Å²) in [6, 6.07) is 12.5. The predicted molar refractivity (Wildman–Crippen MR) is 232 cm³/mol. The second-order valence-corrected chi connectivity index (χ2v) is 29.0. The Hall–Kier alpha value is -2.48. The van der Waals surface area contributed by atoms with Crippen LogP contribution in [0, 0.1) is 5.92 Å². The van der Waals surface area contributed by atoms with E-state index in [-0.39, 0.29) is 35.1 Å². The summed E-state index contributed by atoms with van der Waals surface area (Å²) in [6.45, 7) is 33.7. The summed E-state index contributed by atoms with van der Waals surface area (Å²) >= 11 is 0. The molecule has 1 fully saturated rings. The second-order valence-electron chi connectivity index (χ2n) is 19.4. The maximum Gasteiger partial charge on any atom is 0.343 e. The molecular weight excluding hydrogens is 737 g/mol. The topological polar surface area (TPSA) is 99.9 Å². The zero-order valence-corrected chi connectivity index (χ0v) is 39.4. The number of aliphatic hydroxyl groups excluding tert-OH is 1. The number of hydrogen-bond donors (Lipinski definition) is 1. The Bertz CT molecular complexity index is 1740. The van der Waals surface area contributed by atoms with Crippen molar-refractivity contribution in [2.24, 2.45) is 5.92 Å². The van der Waals surface area contributed by atoms with Gasteiger partial charge in [0.05, 0.1) is 37.2 Å². The third-order valence-corrected chi connectivity index (χ3v) is 21.6. The molecule has 0 unspecified atom stereocenters. The molecule has 0 aliphatic carbocycles. The zero-order chi connectivity index (χ0) is 41.9. The van der Waals surface area contributed by atoms with Gasteiger partial charge < -0.3 is 32.6 Å². The minimum Gasteiger partial charge on any atom is -0.488 e. The highest BCUT2D eigenvalue weighted by Crippen LogP contribution is 2.50. The molecule has 2 heterocycles. The zero-order valence-electron chi connectivity index (χ0n) is 37.4. The average molecular weight is 811 g/mol. The van der Waals surface area contributed by atoms with E-state index in [1.54, 1.807) is 0 Å². The quantitative estimate of drug-likeness (QED) is 0.0684. The molecule has 4 rings (SSSR count). The van der Waals surface area contributed by atoms with E-state index in [4.69, 9.17) is 27.5 Å². The number of benzene rings is 2. The molecule has 0 saturated carbocycles. The summed E-state index contributed by atoms with van der Waals surface area (Å²) in [5.74, 6) is 0.488. The van der Waals surface area contributed by atoms with Crippen molar-refractivity contribution in [3.63, 3.8) is 0 Å². The van der Waals surface area contributed by atoms with Crippen LogP contribution in [0.4, 0.5) is 0 Å². The van der Waals surface area contributed by atoms with Crippen molar-refractivity contribution < 1.29 is 37.4 Å². The fraction of sp³-hybridized carbons (Fsp3) is 0.674. The van der Waals surface area contributed by atoms with Crippen LogP contribution in [0.15, 0.2) is 47.1 Å². The minimum absolute atomic E-state index is 0.0172. The number of aliphatic hydroxyl groups is 1. The number of ether oxygens (including phenoxy) is 3. The number of rotatable bonds is 20. The fourth-order valence-corrected chi connectivity index (χ4v) is 9.48. The molecule has 5 atom stereocenters. The van der Waals surface area contributed by atoms with Gasteiger partial charge in [-0.25, -0.2) is 4.79 Å². The summed E-state index contributed by atoms with van der Waals surface area (Å²) in [4.78, 5) is 13.8. The van der Waals surface area contributed by atoms with Gasteiger partial charge in [0, 0.05) is 23.3 Å². The smallest absolute Gasteiger partial charge is 0.343 e. The first-order valence-electron chi connectivity index (χ1n) is 21.1. The number of epoxide rings is 1. The lowest BCUT2D eigenvalue weighted by molar-refractivity contribution is -0.154. The molecule has 1 aliphatic heterocycles. The highest BCUT2D eigenvalue weighted by Gasteiger charge is 2.69. The van der Waals surface area contributed by atoms with E-state index < -0.39 is 40.4 Å². The normalized spacial score (nSPS) is 19.6. The molecular formula is C46H74O8Si2. The summed E-state index contributed by atoms with van der Waals surface area (Å²) < 4.78 is 39.3. The van der Waals surface area contributed by atoms with Crippen LogP contribution >= 0.6 is 0 Å². The number of esters is 1. The Morgan fingerprint density at radius 3 is 2.12 bits per heavy atom. The highest BCUT2D eigenvalue weighted by atomic mass is 28.4. The van der Waals surface area contributed by atoms with E-state index in [0.717, 1.165) is 51.8 Å². The summed E-state index contributed by atoms with van der Waals surface area (Å²) in [7, 11) is -4.59. The van der Waals surface area contributed by atoms with E-state index >= 15 is 0 Å². The van der Waals surface area contributed by atoms with Gasteiger partial charge in [0.15, 0.2) is 16.6 Å². The van der Waals surface area contributed by atoms with E-state index in [0.29, 0.717) is 32.0 Å². The van der Waals surface area contributed by atoms with E-state index in [1.807, 2.05) is 38.3 Å². The molecule has 0 spiro atoms. The largest absolute Gasteiger partial charge is 0.488 e. The Balaban J connectivity index is 1.86. The third kappa shape index (κ3) is 10.2. The first-order valence-corrected chi connectivity index (χ1v) is 26.9. The van der Waals surface area contributed by atoms with E-state index in [9.17, 15) is 9.90 Å². The number of carbonyl (C=O) groups is 1. The molecule has 314 valence electrons. The van der Waals surface area contributed by atoms with Gasteiger partial charge in [-0.05, 0) is 85.6 Å². The van der Waals surface area contributed by atoms with Gasteiger partial charge in [-0.15, -0.1) is 0 Å². The highest BCUT2D eigenvalue weighted by molar-refractivity contribution is 6.74. The van der Waals surface area contributed by atoms with Crippen molar-refractivity contribution in [1.29, 1.82) is 0 Å². The first-order chi connectivity index (χ1) is 26.0. The summed E-state index contributed by atoms with van der Waals surface area (Å²) in [5.41, 5.74) is 3.53. The lowest BCUT2D eigenvalue weighted by Crippen LogP contribution is -2.53. The molecule has 10 heteroatoms. The van der Waals surface area contributed by atoms with Crippen LogP contribution in [-0.2, 0) is 42.8 Å². The maximum atomic E-state index is 13.8. The second kappa shape index (κ2) is 18.2. The number of carbonyl (C=O) groups excluding carboxylic acids is 1. The monoisotopic (exact) mass is 810 g/mol. The third-order valence-electron chi connectivity index (χ3n) is 12.6. The SMILES string of the molecule is CCC[C@@H](c1coc2c(CO[Si](C)(C)C(C)(C)C)c(OCc3ccccc3)c(CC(C)C)cc12)[C@H](O)C[C@@H](O[Si](C)(C)C(C)(C)C)[C@]1(C(=O)OCC)O[C@@H]1CC. The lowest BCUT2D eigenvalue weighted by Gasteiger charge is -2.41. The van der Waals surface area contributed by atoms with Crippen LogP contribution in [0.2, 0.25) is 36.3 Å². The van der Waals surface area contributed by atoms with Crippen LogP contribution in [0.1, 0.15) is 130 Å². The van der Waals surface area contributed by atoms with Crippen molar-refractivity contribution >= 4 is 33.6 Å². The molecule has 3 aromatic rings. The standard InChI is InChI=1S/C46H74O8Si2/c1-16-22-34(38(47)27-40(54-56(14,15)45(9,10)11)46(39(17-2)53-46)43(48)49-18-3)36-29-51-42-35(36)26-33(25-31(4)5)41(50-28-32-23-20-19-21-24-32)37(42)30-52-55(12,13)44(6,7)8/h19-21,23-24,26,29,31,34,38-40,47H,16-18,22,25,27-28,30H2,1-15H3/t34-,38+,39+,40+,46+/m0/s1. The number of fused-ring (bicyclic) bond motifs is 1. The Kier molecular flexibility index (Phi) is 15.0. The summed E-state index contributed by atoms with van der Waals surface area (Å²) in [6.07, 6.45) is 3.19. The van der Waals surface area contributed by atoms with Crippen LogP contribution < -0.4 is 4.74 Å². The van der Waals surface area contributed by atoms with E-state index in [1.165, 1.54) is 0 Å². The predicted octanol–water partition coefficient (Wildman–Crippen LogP) is 11.9. The Morgan fingerprint density at radius 2 is 1.59 bits per heavy atom. The van der Waals surface area contributed by atoms with Gasteiger partial charge >= 0.3 is 5.97 Å². The van der Waals surface area contributed by atoms with Crippen LogP contribution in [0.5, 0.6) is 5.75 Å². The van der Waals surface area contributed by atoms with Crippen molar-refractivity contribution in [3.05, 3.63) is 64.9 Å². The Morgan fingerprint density at radius 1 is 0.946 bits per heavy atom. The summed E-state index contributed by atoms with van der Waals surface area (Å²) in [5, 5.41) is 13.4. The van der Waals surface area contributed by atoms with Crippen molar-refractivity contribution in [2.75, 3.05) is 6.61 Å². The molecule has 2 aromatic carbocycles. The Labute approximate surface area is 340 Å². The van der Waals surface area contributed by atoms with Gasteiger partial charge in [0.1, 0.15) is 24.0 Å². The van der Waals surface area contributed by atoms with E-state index in [2.05, 4.69) is 107 Å². The fourth-order valence-electron chi connectivity index (χ4n) is 7.21. The van der Waals surface area contributed by atoms with Crippen LogP contribution in [0.3, 0.4) is 0 Å². The number of furan rings is 1. The molecule has 0 radical (unpaired) electrons. The minimum atomic E-state index is -2.43. The lowest BCUT2D eigenvalue weighted by atomic mass is 9.83. The molecule has 56 heavy (non-hydrogen) atoms. The molecule has 1 aliphatic rings. The first kappa shape index (κ1) is 46.2. The van der Waals surface area contributed by atoms with Gasteiger partial charge in [-0.3, -0.25) is 0 Å². The van der Waals surface area contributed by atoms with Crippen molar-refractivity contribution in [2.45, 2.75) is 188 Å². The van der Waals surface area contributed by atoms with Gasteiger partial charge in [-0.1, -0.05) is 106 Å². The molecule has 1 aromatic heterocycles. The van der Waals surface area contributed by atoms with Crippen molar-refractivity contribution in [3.8, 4) is 5.75 Å². The van der Waals surface area contributed by atoms with Gasteiger partial charge in [0.25, 0.3) is 0 Å². The van der Waals surface area contributed by atoms with Gasteiger partial charge in [0.2, 0.25) is 5.60 Å². The number of hydrogen-bond acceptors (Lipinski definition) is 8. The molecule has 1 saturated heterocycles. The maximum absolute atomic E-state index is 13.8.